The summed E-state index contributed by atoms with van der Waals surface area (Å²) in [7, 11) is -2.20. The molecule has 0 radical (unpaired) electrons. The highest BCUT2D eigenvalue weighted by atomic mass is 32.2. The first-order valence-corrected chi connectivity index (χ1v) is 6.97. The van der Waals surface area contributed by atoms with E-state index in [-0.39, 0.29) is 10.6 Å². The van der Waals surface area contributed by atoms with E-state index in [0.717, 1.165) is 5.69 Å². The molecule has 4 N–H and O–H groups in total. The lowest BCUT2D eigenvalue weighted by molar-refractivity contribution is 0.412. The van der Waals surface area contributed by atoms with Crippen LogP contribution < -0.4 is 15.8 Å². The average Bonchev–Trinajstić information content (AvgIpc) is 2.89. The normalized spacial score (nSPS) is 11.4. The van der Waals surface area contributed by atoms with E-state index in [1.165, 1.54) is 19.4 Å². The Balaban J connectivity index is 2.15. The van der Waals surface area contributed by atoms with Crippen molar-refractivity contribution in [3.63, 3.8) is 0 Å². The number of anilines is 2. The fourth-order valence-corrected chi connectivity index (χ4v) is 2.37. The first-order chi connectivity index (χ1) is 9.03. The zero-order valence-corrected chi connectivity index (χ0v) is 11.1. The molecule has 19 heavy (non-hydrogen) atoms. The van der Waals surface area contributed by atoms with Crippen LogP contribution in [0.5, 0.6) is 0 Å². The molecule has 0 aliphatic carbocycles. The monoisotopic (exact) mass is 282 g/mol. The van der Waals surface area contributed by atoms with E-state index in [4.69, 9.17) is 10.3 Å². The molecule has 0 unspecified atom stereocenters. The van der Waals surface area contributed by atoms with Gasteiger partial charge in [0, 0.05) is 11.8 Å². The van der Waals surface area contributed by atoms with Gasteiger partial charge >= 0.3 is 0 Å². The summed E-state index contributed by atoms with van der Waals surface area (Å²) in [6.45, 7) is 0.466. The highest BCUT2D eigenvalue weighted by molar-refractivity contribution is 7.89. The van der Waals surface area contributed by atoms with E-state index in [2.05, 4.69) is 15.2 Å². The van der Waals surface area contributed by atoms with Crippen LogP contribution in [0.1, 0.15) is 5.69 Å². The van der Waals surface area contributed by atoms with Gasteiger partial charge in [0.15, 0.2) is 0 Å². The minimum atomic E-state index is -3.53. The molecule has 0 saturated heterocycles. The summed E-state index contributed by atoms with van der Waals surface area (Å²) in [6, 6.07) is 6.38. The molecule has 0 aliphatic rings. The topological polar surface area (TPSA) is 110 Å². The second-order valence-electron chi connectivity index (χ2n) is 3.80. The number of hydrogen-bond donors (Lipinski definition) is 3. The smallest absolute Gasteiger partial charge is 0.242 e. The van der Waals surface area contributed by atoms with Gasteiger partial charge in [-0.25, -0.2) is 13.1 Å². The van der Waals surface area contributed by atoms with Gasteiger partial charge in [0.05, 0.1) is 12.2 Å². The van der Waals surface area contributed by atoms with Crippen LogP contribution in [-0.4, -0.2) is 20.6 Å². The van der Waals surface area contributed by atoms with Crippen LogP contribution in [0.4, 0.5) is 11.4 Å². The number of benzene rings is 1. The van der Waals surface area contributed by atoms with Crippen molar-refractivity contribution >= 4 is 21.4 Å². The molecule has 1 aromatic heterocycles. The van der Waals surface area contributed by atoms with Crippen molar-refractivity contribution in [2.75, 3.05) is 18.1 Å². The summed E-state index contributed by atoms with van der Waals surface area (Å²) in [5, 5.41) is 6.82. The third-order valence-corrected chi connectivity index (χ3v) is 4.02. The summed E-state index contributed by atoms with van der Waals surface area (Å²) in [5.41, 5.74) is 7.36. The van der Waals surface area contributed by atoms with Crippen LogP contribution >= 0.6 is 0 Å². The number of rotatable bonds is 5. The van der Waals surface area contributed by atoms with Gasteiger partial charge in [-0.1, -0.05) is 5.16 Å². The van der Waals surface area contributed by atoms with Crippen LogP contribution in [0.25, 0.3) is 0 Å². The molecule has 102 valence electrons. The lowest BCUT2D eigenvalue weighted by Gasteiger charge is -2.09. The molecule has 0 atom stereocenters. The Hall–Kier alpha value is -2.06. The fraction of sp³-hybridized carbons (Fsp3) is 0.182. The van der Waals surface area contributed by atoms with Crippen LogP contribution in [0, 0.1) is 0 Å². The predicted molar refractivity (Wildman–Crippen MR) is 70.9 cm³/mol. The van der Waals surface area contributed by atoms with Gasteiger partial charge in [-0.05, 0) is 25.2 Å². The molecule has 0 spiro atoms. The second kappa shape index (κ2) is 5.29. The molecular formula is C11H14N4O3S. The summed E-state index contributed by atoms with van der Waals surface area (Å²) in [5.74, 6) is 0. The number of nitrogen functional groups attached to an aromatic ring is 1. The Kier molecular flexibility index (Phi) is 3.72. The summed E-state index contributed by atoms with van der Waals surface area (Å²) >= 11 is 0. The zero-order chi connectivity index (χ0) is 13.9. The van der Waals surface area contributed by atoms with Gasteiger partial charge < -0.3 is 15.6 Å². The van der Waals surface area contributed by atoms with Gasteiger partial charge in [-0.15, -0.1) is 0 Å². The van der Waals surface area contributed by atoms with Crippen LogP contribution in [0.2, 0.25) is 0 Å². The minimum Gasteiger partial charge on any atom is -0.398 e. The number of nitrogens with one attached hydrogen (secondary N) is 2. The molecule has 0 saturated carbocycles. The van der Waals surface area contributed by atoms with E-state index >= 15 is 0 Å². The van der Waals surface area contributed by atoms with E-state index in [9.17, 15) is 8.42 Å². The van der Waals surface area contributed by atoms with Crippen molar-refractivity contribution in [2.45, 2.75) is 11.4 Å². The molecule has 7 nitrogen and oxygen atoms in total. The maximum absolute atomic E-state index is 11.6. The Morgan fingerprint density at radius 3 is 2.74 bits per heavy atom. The van der Waals surface area contributed by atoms with Gasteiger partial charge in [-0.3, -0.25) is 0 Å². The average molecular weight is 282 g/mol. The molecule has 2 aromatic rings. The number of nitrogens with two attached hydrogens (primary N) is 1. The largest absolute Gasteiger partial charge is 0.398 e. The second-order valence-corrected chi connectivity index (χ2v) is 5.66. The Morgan fingerprint density at radius 1 is 1.37 bits per heavy atom. The quantitative estimate of drug-likeness (QED) is 0.699. The Labute approximate surface area is 110 Å². The van der Waals surface area contributed by atoms with Crippen molar-refractivity contribution < 1.29 is 12.9 Å². The van der Waals surface area contributed by atoms with Crippen LogP contribution in [-0.2, 0) is 16.6 Å². The number of nitrogens with zero attached hydrogens (tertiary/aromatic N) is 1. The van der Waals surface area contributed by atoms with Gasteiger partial charge in [0.2, 0.25) is 10.0 Å². The molecule has 2 rings (SSSR count). The first-order valence-electron chi connectivity index (χ1n) is 5.49. The molecule has 1 aromatic carbocycles. The maximum Gasteiger partial charge on any atom is 0.242 e. The Bertz CT molecular complexity index is 653. The number of hydrogen-bond acceptors (Lipinski definition) is 6. The maximum atomic E-state index is 11.6. The zero-order valence-electron chi connectivity index (χ0n) is 10.3. The van der Waals surface area contributed by atoms with Gasteiger partial charge in [0.1, 0.15) is 16.9 Å². The lowest BCUT2D eigenvalue weighted by atomic mass is 10.2. The molecule has 0 amide bonds. The van der Waals surface area contributed by atoms with Crippen LogP contribution in [0.3, 0.4) is 0 Å². The third-order valence-electron chi connectivity index (χ3n) is 2.53. The molecule has 0 aliphatic heterocycles. The van der Waals surface area contributed by atoms with Crippen molar-refractivity contribution in [3.05, 3.63) is 36.2 Å². The summed E-state index contributed by atoms with van der Waals surface area (Å²) in [4.78, 5) is 0.0574. The number of sulfonamides is 1. The molecular weight excluding hydrogens is 268 g/mol. The molecule has 0 fully saturated rings. The highest BCUT2D eigenvalue weighted by Gasteiger charge is 2.15. The minimum absolute atomic E-state index is 0.0574. The van der Waals surface area contributed by atoms with Crippen molar-refractivity contribution in [3.8, 4) is 0 Å². The molecule has 1 heterocycles. The predicted octanol–water partition coefficient (Wildman–Crippen LogP) is 0.777. The van der Waals surface area contributed by atoms with Crippen molar-refractivity contribution in [1.29, 1.82) is 0 Å². The lowest BCUT2D eigenvalue weighted by Crippen LogP contribution is -2.20. The summed E-state index contributed by atoms with van der Waals surface area (Å²) in [6.07, 6.45) is 1.48. The SMILES string of the molecule is CNS(=O)(=O)c1ccc(NCc2ccon2)cc1N. The summed E-state index contributed by atoms with van der Waals surface area (Å²) < 4.78 is 30.2. The first kappa shape index (κ1) is 13.4. The van der Waals surface area contributed by atoms with Gasteiger partial charge in [-0.2, -0.15) is 0 Å². The van der Waals surface area contributed by atoms with E-state index in [1.54, 1.807) is 18.2 Å². The van der Waals surface area contributed by atoms with Crippen molar-refractivity contribution in [2.24, 2.45) is 0 Å². The van der Waals surface area contributed by atoms with Crippen LogP contribution in [0.15, 0.2) is 39.9 Å². The van der Waals surface area contributed by atoms with Gasteiger partial charge in [0.25, 0.3) is 0 Å². The standard InChI is InChI=1S/C11H14N4O3S/c1-13-19(16,17)11-3-2-8(6-10(11)12)14-7-9-4-5-18-15-9/h2-6,13-14H,7,12H2,1H3. The van der Waals surface area contributed by atoms with E-state index in [0.29, 0.717) is 12.2 Å². The molecule has 0 bridgehead atoms. The molecule has 8 heteroatoms. The third kappa shape index (κ3) is 3.04. The van der Waals surface area contributed by atoms with E-state index < -0.39 is 10.0 Å². The number of aromatic nitrogens is 1. The van der Waals surface area contributed by atoms with Crippen molar-refractivity contribution in [1.82, 2.24) is 9.88 Å². The fourth-order valence-electron chi connectivity index (χ4n) is 1.53. The Morgan fingerprint density at radius 2 is 2.16 bits per heavy atom. The van der Waals surface area contributed by atoms with E-state index in [1.807, 2.05) is 0 Å². The highest BCUT2D eigenvalue weighted by Crippen LogP contribution is 2.22.